The van der Waals surface area contributed by atoms with E-state index in [1.54, 1.807) is 0 Å². The molecule has 0 radical (unpaired) electrons. The molecule has 0 aliphatic rings. The van der Waals surface area contributed by atoms with Gasteiger partial charge in [-0.1, -0.05) is 25.1 Å². The summed E-state index contributed by atoms with van der Waals surface area (Å²) in [5.74, 6) is 0. The Kier molecular flexibility index (Phi) is 5.42. The van der Waals surface area contributed by atoms with Gasteiger partial charge in [0.2, 0.25) is 0 Å². The fourth-order valence-electron chi connectivity index (χ4n) is 1.10. The minimum Gasteiger partial charge on any atom is -0.253 e. The molecular formula is C10H24NPSi. The largest absolute Gasteiger partial charge is 0.253 e. The Morgan fingerprint density at radius 3 is 1.62 bits per heavy atom. The summed E-state index contributed by atoms with van der Waals surface area (Å²) in [5, 5.41) is 0. The summed E-state index contributed by atoms with van der Waals surface area (Å²) in [4.78, 5) is 0. The van der Waals surface area contributed by atoms with Gasteiger partial charge in [-0.25, -0.2) is 0 Å². The molecule has 13 heavy (non-hydrogen) atoms. The molecule has 0 spiro atoms. The first-order valence-electron chi connectivity index (χ1n) is 5.07. The highest BCUT2D eigenvalue weighted by molar-refractivity contribution is 7.45. The lowest BCUT2D eigenvalue weighted by Gasteiger charge is -2.26. The van der Waals surface area contributed by atoms with Crippen LogP contribution in [0.3, 0.4) is 0 Å². The highest BCUT2D eigenvalue weighted by atomic mass is 31.1. The molecule has 0 saturated carbocycles. The summed E-state index contributed by atoms with van der Waals surface area (Å²) in [6.07, 6.45) is 0. The van der Waals surface area contributed by atoms with Gasteiger partial charge in [-0.15, -0.1) is 0 Å². The zero-order chi connectivity index (χ0) is 10.6. The van der Waals surface area contributed by atoms with E-state index in [1.807, 2.05) is 0 Å². The Labute approximate surface area is 86.4 Å². The van der Waals surface area contributed by atoms with Crippen molar-refractivity contribution in [3.63, 3.8) is 0 Å². The quantitative estimate of drug-likeness (QED) is 0.513. The summed E-state index contributed by atoms with van der Waals surface area (Å²) < 4.78 is 2.51. The standard InChI is InChI=1S/C10H24NPSi/c1-9(2)11(10(3)4)12-8-13(5,6)7/h8-10H,1-7H3. The van der Waals surface area contributed by atoms with Gasteiger partial charge in [-0.3, -0.25) is 4.67 Å². The predicted octanol–water partition coefficient (Wildman–Crippen LogP) is 3.65. The first-order chi connectivity index (χ1) is 5.74. The number of nitrogens with zero attached hydrogens (tertiary/aromatic N) is 1. The molecule has 78 valence electrons. The van der Waals surface area contributed by atoms with Gasteiger partial charge >= 0.3 is 0 Å². The topological polar surface area (TPSA) is 3.24 Å². The monoisotopic (exact) mass is 217 g/mol. The van der Waals surface area contributed by atoms with Crippen LogP contribution in [0.2, 0.25) is 19.6 Å². The van der Waals surface area contributed by atoms with Crippen LogP contribution in [0.25, 0.3) is 0 Å². The lowest BCUT2D eigenvalue weighted by molar-refractivity contribution is 0.333. The third kappa shape index (κ3) is 6.42. The zero-order valence-corrected chi connectivity index (χ0v) is 12.0. The first kappa shape index (κ1) is 13.3. The van der Waals surface area contributed by atoms with Crippen LogP contribution >= 0.6 is 8.35 Å². The van der Waals surface area contributed by atoms with Crippen LogP contribution in [0, 0.1) is 0 Å². The van der Waals surface area contributed by atoms with E-state index in [0.717, 1.165) is 0 Å². The fourth-order valence-corrected chi connectivity index (χ4v) is 3.56. The van der Waals surface area contributed by atoms with Crippen molar-refractivity contribution in [2.24, 2.45) is 0 Å². The van der Waals surface area contributed by atoms with Gasteiger partial charge in [0.15, 0.2) is 0 Å². The highest BCUT2D eigenvalue weighted by Crippen LogP contribution is 2.17. The predicted molar refractivity (Wildman–Crippen MR) is 68.4 cm³/mol. The van der Waals surface area contributed by atoms with E-state index in [9.17, 15) is 0 Å². The molecule has 0 saturated heterocycles. The molecule has 0 atom stereocenters. The van der Waals surface area contributed by atoms with E-state index in [0.29, 0.717) is 12.1 Å². The summed E-state index contributed by atoms with van der Waals surface area (Å²) in [6.45, 7) is 16.2. The van der Waals surface area contributed by atoms with Gasteiger partial charge in [-0.2, -0.15) is 0 Å². The number of rotatable bonds is 4. The Balaban J connectivity index is 4.35. The molecule has 0 aromatic heterocycles. The van der Waals surface area contributed by atoms with Crippen LogP contribution in [0.5, 0.6) is 0 Å². The summed E-state index contributed by atoms with van der Waals surface area (Å²) in [5.41, 5.74) is 2.51. The van der Waals surface area contributed by atoms with Crippen LogP contribution in [0.4, 0.5) is 0 Å². The van der Waals surface area contributed by atoms with E-state index in [2.05, 4.69) is 57.4 Å². The van der Waals surface area contributed by atoms with Crippen LogP contribution in [-0.4, -0.2) is 30.2 Å². The van der Waals surface area contributed by atoms with Crippen LogP contribution in [0.1, 0.15) is 27.7 Å². The molecule has 0 aromatic carbocycles. The lowest BCUT2D eigenvalue weighted by Crippen LogP contribution is -2.30. The first-order valence-corrected chi connectivity index (χ1v) is 9.57. The van der Waals surface area contributed by atoms with Crippen LogP contribution in [-0.2, 0) is 0 Å². The second-order valence-electron chi connectivity index (χ2n) is 5.18. The van der Waals surface area contributed by atoms with Crippen molar-refractivity contribution in [2.45, 2.75) is 59.4 Å². The molecule has 0 heterocycles. The molecule has 0 rings (SSSR count). The van der Waals surface area contributed by atoms with E-state index in [4.69, 9.17) is 0 Å². The smallest absolute Gasteiger partial charge is 0.0754 e. The SMILES string of the molecule is CC(C)N(P=C[Si](C)(C)C)C(C)C. The van der Waals surface area contributed by atoms with Crippen molar-refractivity contribution in [3.8, 4) is 0 Å². The maximum atomic E-state index is 2.51. The normalized spacial score (nSPS) is 14.0. The summed E-state index contributed by atoms with van der Waals surface area (Å²) >= 11 is 0. The molecule has 0 unspecified atom stereocenters. The van der Waals surface area contributed by atoms with Crippen molar-refractivity contribution in [1.82, 2.24) is 4.67 Å². The second-order valence-corrected chi connectivity index (χ2v) is 11.6. The average molecular weight is 217 g/mol. The van der Waals surface area contributed by atoms with E-state index < -0.39 is 8.07 Å². The number of hydrogen-bond acceptors (Lipinski definition) is 1. The number of hydrogen-bond donors (Lipinski definition) is 0. The Bertz CT molecular complexity index is 162. The lowest BCUT2D eigenvalue weighted by atomic mass is 10.3. The van der Waals surface area contributed by atoms with E-state index in [-0.39, 0.29) is 0 Å². The molecular weight excluding hydrogens is 193 g/mol. The van der Waals surface area contributed by atoms with Gasteiger partial charge in [-0.05, 0) is 36.0 Å². The van der Waals surface area contributed by atoms with Crippen molar-refractivity contribution in [1.29, 1.82) is 0 Å². The molecule has 1 nitrogen and oxygen atoms in total. The molecule has 3 heteroatoms. The zero-order valence-electron chi connectivity index (χ0n) is 10.1. The van der Waals surface area contributed by atoms with Crippen molar-refractivity contribution in [3.05, 3.63) is 0 Å². The maximum Gasteiger partial charge on any atom is 0.0754 e. The molecule has 0 fully saturated rings. The minimum atomic E-state index is -0.991. The molecule has 0 N–H and O–H groups in total. The van der Waals surface area contributed by atoms with E-state index in [1.165, 1.54) is 8.35 Å². The molecule has 0 aliphatic carbocycles. The van der Waals surface area contributed by atoms with Gasteiger partial charge in [0.05, 0.1) is 8.07 Å². The highest BCUT2D eigenvalue weighted by Gasteiger charge is 2.13. The average Bonchev–Trinajstić information content (AvgIpc) is 1.82. The fraction of sp³-hybridized carbons (Fsp3) is 0.900. The third-order valence-corrected chi connectivity index (χ3v) is 6.39. The third-order valence-electron chi connectivity index (χ3n) is 1.64. The molecule has 0 aliphatic heterocycles. The Morgan fingerprint density at radius 1 is 1.00 bits per heavy atom. The second kappa shape index (κ2) is 5.28. The van der Waals surface area contributed by atoms with Crippen molar-refractivity contribution < 1.29 is 0 Å². The molecule has 0 aromatic rings. The van der Waals surface area contributed by atoms with Crippen molar-refractivity contribution in [2.75, 3.05) is 0 Å². The molecule has 0 bridgehead atoms. The summed E-state index contributed by atoms with van der Waals surface area (Å²) in [7, 11) is 0.419. The van der Waals surface area contributed by atoms with Gasteiger partial charge in [0, 0.05) is 12.1 Å². The van der Waals surface area contributed by atoms with Gasteiger partial charge < -0.3 is 0 Å². The van der Waals surface area contributed by atoms with Crippen LogP contribution in [0.15, 0.2) is 0 Å². The maximum absolute atomic E-state index is 2.51. The van der Waals surface area contributed by atoms with E-state index >= 15 is 0 Å². The Morgan fingerprint density at radius 2 is 1.38 bits per heavy atom. The van der Waals surface area contributed by atoms with Gasteiger partial charge in [0.1, 0.15) is 0 Å². The summed E-state index contributed by atoms with van der Waals surface area (Å²) in [6, 6.07) is 1.29. The Hall–Kier alpha value is 0.347. The van der Waals surface area contributed by atoms with Gasteiger partial charge in [0.25, 0.3) is 0 Å². The molecule has 0 amide bonds. The van der Waals surface area contributed by atoms with Crippen LogP contribution < -0.4 is 0 Å². The minimum absolute atomic E-state index is 0.647. The van der Waals surface area contributed by atoms with Crippen molar-refractivity contribution >= 4 is 21.8 Å².